The number of sulfone groups is 1. The molecule has 0 radical (unpaired) electrons. The molecule has 3 heterocycles. The number of ether oxygens (including phenoxy) is 1. The largest absolute Gasteiger partial charge is 0.480 e. The van der Waals surface area contributed by atoms with Crippen molar-refractivity contribution in [3.63, 3.8) is 0 Å². The summed E-state index contributed by atoms with van der Waals surface area (Å²) in [6, 6.07) is 5.98. The number of aromatic nitrogens is 3. The molecule has 1 atom stereocenters. The van der Waals surface area contributed by atoms with Gasteiger partial charge in [-0.3, -0.25) is 4.99 Å². The highest BCUT2D eigenvalue weighted by molar-refractivity contribution is 7.93. The Balaban J connectivity index is 1.77. The summed E-state index contributed by atoms with van der Waals surface area (Å²) in [4.78, 5) is 17.4. The molecule has 0 saturated carbocycles. The first-order valence-electron chi connectivity index (χ1n) is 9.78. The number of benzene rings is 1. The van der Waals surface area contributed by atoms with E-state index in [4.69, 9.17) is 10.5 Å². The Morgan fingerprint density at radius 3 is 2.62 bits per heavy atom. The maximum Gasteiger partial charge on any atom is 0.232 e. The summed E-state index contributed by atoms with van der Waals surface area (Å²) >= 11 is 0. The number of nitrogens with zero attached hydrogens (tertiary/aromatic N) is 4. The van der Waals surface area contributed by atoms with Crippen LogP contribution in [0.5, 0.6) is 5.88 Å². The highest BCUT2D eigenvalue weighted by Gasteiger charge is 2.49. The molecule has 0 spiro atoms. The van der Waals surface area contributed by atoms with Crippen molar-refractivity contribution in [3.8, 4) is 5.88 Å². The Morgan fingerprint density at radius 1 is 1.19 bits per heavy atom. The lowest BCUT2D eigenvalue weighted by Gasteiger charge is -2.38. The van der Waals surface area contributed by atoms with Gasteiger partial charge in [-0.25, -0.2) is 27.8 Å². The van der Waals surface area contributed by atoms with Crippen molar-refractivity contribution in [2.24, 2.45) is 10.7 Å². The maximum atomic E-state index is 14.9. The third-order valence-corrected chi connectivity index (χ3v) is 8.40. The minimum absolute atomic E-state index is 0.0519. The molecule has 11 heteroatoms. The van der Waals surface area contributed by atoms with E-state index in [1.54, 1.807) is 19.2 Å². The molecule has 1 aromatic carbocycles. The van der Waals surface area contributed by atoms with Crippen molar-refractivity contribution in [1.82, 2.24) is 15.0 Å². The Kier molecular flexibility index (Phi) is 5.04. The molecule has 3 aromatic rings. The first kappa shape index (κ1) is 21.9. The first-order chi connectivity index (χ1) is 15.0. The summed E-state index contributed by atoms with van der Waals surface area (Å²) in [7, 11) is -2.18. The molecule has 0 amide bonds. The molecule has 32 heavy (non-hydrogen) atoms. The smallest absolute Gasteiger partial charge is 0.232 e. The lowest BCUT2D eigenvalue weighted by atomic mass is 9.92. The highest BCUT2D eigenvalue weighted by atomic mass is 32.2. The summed E-state index contributed by atoms with van der Waals surface area (Å²) in [5.41, 5.74) is 6.27. The summed E-state index contributed by atoms with van der Waals surface area (Å²) < 4.78 is 44.4. The topological polar surface area (TPSA) is 132 Å². The van der Waals surface area contributed by atoms with Gasteiger partial charge >= 0.3 is 0 Å². The van der Waals surface area contributed by atoms with E-state index in [-0.39, 0.29) is 17.2 Å². The van der Waals surface area contributed by atoms with E-state index in [0.29, 0.717) is 28.4 Å². The standard InChI is InChI=1S/C21H23FN6O3S/c1-20(2)19(23)28-21(3,11-32(20,29)30)13-9-12(5-6-14(13)22)26-18-17-15(7-8-24-18)27-16(31-4)10-25-17/h5-10H,11H2,1-4H3,(H2,23,28)(H,24,26)/t21-/m0/s1. The first-order valence-corrected chi connectivity index (χ1v) is 11.4. The lowest BCUT2D eigenvalue weighted by Crippen LogP contribution is -2.54. The summed E-state index contributed by atoms with van der Waals surface area (Å²) in [6.45, 7) is 4.55. The van der Waals surface area contributed by atoms with Gasteiger partial charge in [-0.15, -0.1) is 0 Å². The number of aliphatic imine (C=N–C) groups is 1. The van der Waals surface area contributed by atoms with Gasteiger partial charge in [0, 0.05) is 17.4 Å². The maximum absolute atomic E-state index is 14.9. The number of hydrogen-bond donors (Lipinski definition) is 2. The summed E-state index contributed by atoms with van der Waals surface area (Å²) in [5.74, 6) is -0.237. The fourth-order valence-electron chi connectivity index (χ4n) is 3.55. The third-order valence-electron chi connectivity index (χ3n) is 5.69. The molecule has 4 rings (SSSR count). The Morgan fingerprint density at radius 2 is 1.94 bits per heavy atom. The van der Waals surface area contributed by atoms with Crippen LogP contribution in [0.25, 0.3) is 11.0 Å². The van der Waals surface area contributed by atoms with Crippen LogP contribution < -0.4 is 15.8 Å². The van der Waals surface area contributed by atoms with Crippen LogP contribution in [0.15, 0.2) is 41.7 Å². The number of nitrogens with one attached hydrogen (secondary N) is 1. The molecule has 2 aromatic heterocycles. The summed E-state index contributed by atoms with van der Waals surface area (Å²) in [6.07, 6.45) is 3.03. The number of halogens is 1. The van der Waals surface area contributed by atoms with E-state index in [1.807, 2.05) is 0 Å². The normalized spacial score (nSPS) is 21.7. The number of anilines is 2. The van der Waals surface area contributed by atoms with Gasteiger partial charge in [-0.2, -0.15) is 0 Å². The molecule has 0 saturated heterocycles. The molecular formula is C21H23FN6O3S. The number of pyridine rings is 1. The number of nitrogens with two attached hydrogens (primary N) is 1. The second-order valence-corrected chi connectivity index (χ2v) is 10.8. The van der Waals surface area contributed by atoms with Crippen LogP contribution >= 0.6 is 0 Å². The van der Waals surface area contributed by atoms with Crippen LogP contribution in [0.1, 0.15) is 26.3 Å². The Bertz CT molecular complexity index is 1360. The third kappa shape index (κ3) is 3.52. The van der Waals surface area contributed by atoms with Gasteiger partial charge in [-0.1, -0.05) is 0 Å². The van der Waals surface area contributed by atoms with Gasteiger partial charge in [0.25, 0.3) is 0 Å². The molecule has 0 unspecified atom stereocenters. The van der Waals surface area contributed by atoms with Crippen LogP contribution in [-0.2, 0) is 15.4 Å². The van der Waals surface area contributed by atoms with Gasteiger partial charge in [0.1, 0.15) is 27.5 Å². The molecule has 168 valence electrons. The van der Waals surface area contributed by atoms with Gasteiger partial charge < -0.3 is 15.8 Å². The molecule has 0 fully saturated rings. The number of amidine groups is 1. The van der Waals surface area contributed by atoms with E-state index in [2.05, 4.69) is 25.3 Å². The summed E-state index contributed by atoms with van der Waals surface area (Å²) in [5, 5.41) is 3.11. The van der Waals surface area contributed by atoms with Crippen molar-refractivity contribution in [3.05, 3.63) is 48.0 Å². The van der Waals surface area contributed by atoms with E-state index in [9.17, 15) is 12.8 Å². The van der Waals surface area contributed by atoms with Crippen molar-refractivity contribution in [2.45, 2.75) is 31.1 Å². The zero-order valence-corrected chi connectivity index (χ0v) is 18.9. The highest BCUT2D eigenvalue weighted by Crippen LogP contribution is 2.39. The second-order valence-electron chi connectivity index (χ2n) is 8.30. The number of fused-ring (bicyclic) bond motifs is 1. The van der Waals surface area contributed by atoms with Crippen LogP contribution in [0.2, 0.25) is 0 Å². The minimum atomic E-state index is -3.68. The fraction of sp³-hybridized carbons (Fsp3) is 0.333. The van der Waals surface area contributed by atoms with E-state index < -0.39 is 25.9 Å². The van der Waals surface area contributed by atoms with E-state index >= 15 is 0 Å². The average molecular weight is 459 g/mol. The van der Waals surface area contributed by atoms with Crippen molar-refractivity contribution < 1.29 is 17.5 Å². The fourth-order valence-corrected chi connectivity index (χ4v) is 5.24. The number of hydrogen-bond acceptors (Lipinski definition) is 9. The minimum Gasteiger partial charge on any atom is -0.480 e. The monoisotopic (exact) mass is 458 g/mol. The molecule has 0 bridgehead atoms. The Hall–Kier alpha value is -3.34. The van der Waals surface area contributed by atoms with Gasteiger partial charge in [0.15, 0.2) is 15.7 Å². The predicted octanol–water partition coefficient (Wildman–Crippen LogP) is 2.70. The van der Waals surface area contributed by atoms with E-state index in [0.717, 1.165) is 0 Å². The number of rotatable bonds is 4. The van der Waals surface area contributed by atoms with Crippen LogP contribution in [0, 0.1) is 5.82 Å². The van der Waals surface area contributed by atoms with Gasteiger partial charge in [-0.05, 0) is 45.0 Å². The van der Waals surface area contributed by atoms with Crippen LogP contribution in [-0.4, -0.2) is 46.8 Å². The SMILES string of the molecule is COc1cnc2c(Nc3ccc(F)c([C@]4(C)CS(=O)(=O)C(C)(C)C(N)=N4)c3)nccc2n1. The molecule has 0 aliphatic carbocycles. The lowest BCUT2D eigenvalue weighted by molar-refractivity contribution is 0.397. The second kappa shape index (κ2) is 7.37. The predicted molar refractivity (Wildman–Crippen MR) is 120 cm³/mol. The van der Waals surface area contributed by atoms with Crippen LogP contribution in [0.3, 0.4) is 0 Å². The van der Waals surface area contributed by atoms with Crippen molar-refractivity contribution in [2.75, 3.05) is 18.2 Å². The Labute approximate surface area is 184 Å². The van der Waals surface area contributed by atoms with Crippen molar-refractivity contribution >= 4 is 38.2 Å². The number of methoxy groups -OCH3 is 1. The van der Waals surface area contributed by atoms with Crippen LogP contribution in [0.4, 0.5) is 15.9 Å². The molecule has 1 aliphatic heterocycles. The zero-order chi connectivity index (χ0) is 23.3. The average Bonchev–Trinajstić information content (AvgIpc) is 2.73. The zero-order valence-electron chi connectivity index (χ0n) is 18.0. The van der Waals surface area contributed by atoms with Gasteiger partial charge in [0.2, 0.25) is 5.88 Å². The van der Waals surface area contributed by atoms with E-state index in [1.165, 1.54) is 45.4 Å². The molecule has 3 N–H and O–H groups in total. The molecule has 9 nitrogen and oxygen atoms in total. The quantitative estimate of drug-likeness (QED) is 0.610. The molecule has 1 aliphatic rings. The van der Waals surface area contributed by atoms with Gasteiger partial charge in [0.05, 0.1) is 24.6 Å². The van der Waals surface area contributed by atoms with Crippen molar-refractivity contribution in [1.29, 1.82) is 0 Å². The molecular weight excluding hydrogens is 435 g/mol.